The van der Waals surface area contributed by atoms with E-state index in [0.717, 1.165) is 30.4 Å². The molecule has 5 nitrogen and oxygen atoms in total. The number of carboxylic acids is 1. The highest BCUT2D eigenvalue weighted by molar-refractivity contribution is 5.83. The molecule has 5 heteroatoms. The van der Waals surface area contributed by atoms with Crippen molar-refractivity contribution in [1.29, 1.82) is 0 Å². The van der Waals surface area contributed by atoms with Crippen LogP contribution in [0.25, 0.3) is 0 Å². The van der Waals surface area contributed by atoms with Crippen LogP contribution >= 0.6 is 0 Å². The molecule has 0 spiro atoms. The highest BCUT2D eigenvalue weighted by Crippen LogP contribution is 2.40. The molecule has 22 heavy (non-hydrogen) atoms. The number of fused-ring (bicyclic) bond motifs is 3. The van der Waals surface area contributed by atoms with Gasteiger partial charge >= 0.3 is 5.97 Å². The Kier molecular flexibility index (Phi) is 3.18. The van der Waals surface area contributed by atoms with E-state index >= 15 is 0 Å². The van der Waals surface area contributed by atoms with Gasteiger partial charge in [-0.15, -0.1) is 0 Å². The Morgan fingerprint density at radius 3 is 2.73 bits per heavy atom. The molecule has 0 aromatic heterocycles. The van der Waals surface area contributed by atoms with Crippen molar-refractivity contribution in [2.75, 3.05) is 6.54 Å². The molecule has 4 rings (SSSR count). The van der Waals surface area contributed by atoms with Gasteiger partial charge in [-0.05, 0) is 30.4 Å². The molecule has 3 heterocycles. The number of aliphatic carboxylic acids is 1. The van der Waals surface area contributed by atoms with Crippen LogP contribution in [0.1, 0.15) is 36.3 Å². The predicted molar refractivity (Wildman–Crippen MR) is 78.2 cm³/mol. The van der Waals surface area contributed by atoms with E-state index in [1.165, 1.54) is 0 Å². The molecule has 2 bridgehead atoms. The third kappa shape index (κ3) is 2.11. The van der Waals surface area contributed by atoms with Gasteiger partial charge < -0.3 is 14.7 Å². The van der Waals surface area contributed by atoms with E-state index in [1.54, 1.807) is 4.90 Å². The minimum atomic E-state index is -0.867. The zero-order valence-corrected chi connectivity index (χ0v) is 12.3. The zero-order valence-electron chi connectivity index (χ0n) is 12.3. The number of nitrogens with zero attached hydrogens (tertiary/aromatic N) is 1. The van der Waals surface area contributed by atoms with Gasteiger partial charge in [0.25, 0.3) is 0 Å². The van der Waals surface area contributed by atoms with Crippen LogP contribution in [0.4, 0.5) is 0 Å². The summed E-state index contributed by atoms with van der Waals surface area (Å²) in [6, 6.07) is 7.53. The van der Waals surface area contributed by atoms with E-state index in [0.29, 0.717) is 6.54 Å². The number of benzene rings is 1. The highest BCUT2D eigenvalue weighted by atomic mass is 16.5. The number of carbonyl (C=O) groups is 2. The second kappa shape index (κ2) is 5.09. The standard InChI is InChI=1S/C17H19NO4/c19-16(13-7-11-5-6-15(13)22-11)18-8-10-3-1-2-4-12(10)14(9-18)17(20)21/h1-4,11,13-15H,5-9H2,(H,20,21). The summed E-state index contributed by atoms with van der Waals surface area (Å²) >= 11 is 0. The molecule has 3 aliphatic rings. The van der Waals surface area contributed by atoms with Crippen LogP contribution in [-0.2, 0) is 20.9 Å². The lowest BCUT2D eigenvalue weighted by molar-refractivity contribution is -0.143. The van der Waals surface area contributed by atoms with Crippen molar-refractivity contribution in [2.24, 2.45) is 5.92 Å². The minimum absolute atomic E-state index is 0.0398. The van der Waals surface area contributed by atoms with E-state index in [4.69, 9.17) is 4.74 Å². The van der Waals surface area contributed by atoms with Crippen molar-refractivity contribution < 1.29 is 19.4 Å². The Labute approximate surface area is 128 Å². The van der Waals surface area contributed by atoms with Gasteiger partial charge in [0.1, 0.15) is 0 Å². The number of hydrogen-bond donors (Lipinski definition) is 1. The van der Waals surface area contributed by atoms with E-state index in [9.17, 15) is 14.7 Å². The molecule has 1 aromatic rings. The Morgan fingerprint density at radius 2 is 2.05 bits per heavy atom. The van der Waals surface area contributed by atoms with Crippen molar-refractivity contribution in [3.05, 3.63) is 35.4 Å². The van der Waals surface area contributed by atoms with Gasteiger partial charge in [-0.3, -0.25) is 9.59 Å². The van der Waals surface area contributed by atoms with Crippen molar-refractivity contribution in [3.63, 3.8) is 0 Å². The second-order valence-corrected chi connectivity index (χ2v) is 6.52. The number of amides is 1. The Balaban J connectivity index is 1.59. The fraction of sp³-hybridized carbons (Fsp3) is 0.529. The van der Waals surface area contributed by atoms with Crippen LogP contribution in [0.3, 0.4) is 0 Å². The van der Waals surface area contributed by atoms with Crippen molar-refractivity contribution >= 4 is 11.9 Å². The molecule has 2 fully saturated rings. The first-order valence-electron chi connectivity index (χ1n) is 7.88. The van der Waals surface area contributed by atoms with Gasteiger partial charge in [-0.2, -0.15) is 0 Å². The molecular formula is C17H19NO4. The van der Waals surface area contributed by atoms with Crippen LogP contribution in [-0.4, -0.2) is 40.6 Å². The summed E-state index contributed by atoms with van der Waals surface area (Å²) in [5.74, 6) is -1.52. The number of ether oxygens (including phenoxy) is 1. The zero-order chi connectivity index (χ0) is 15.3. The fourth-order valence-corrected chi connectivity index (χ4v) is 4.12. The Morgan fingerprint density at radius 1 is 1.23 bits per heavy atom. The molecule has 4 unspecified atom stereocenters. The third-order valence-corrected chi connectivity index (χ3v) is 5.23. The van der Waals surface area contributed by atoms with Crippen LogP contribution in [0.15, 0.2) is 24.3 Å². The van der Waals surface area contributed by atoms with E-state index < -0.39 is 11.9 Å². The summed E-state index contributed by atoms with van der Waals surface area (Å²) in [5, 5.41) is 9.49. The van der Waals surface area contributed by atoms with Crippen LogP contribution < -0.4 is 0 Å². The van der Waals surface area contributed by atoms with Crippen molar-refractivity contribution in [3.8, 4) is 0 Å². The molecule has 0 aliphatic carbocycles. The first kappa shape index (κ1) is 13.8. The first-order valence-corrected chi connectivity index (χ1v) is 7.88. The van der Waals surface area contributed by atoms with Gasteiger partial charge in [0.2, 0.25) is 5.91 Å². The van der Waals surface area contributed by atoms with Crippen molar-refractivity contribution in [2.45, 2.75) is 43.9 Å². The largest absolute Gasteiger partial charge is 0.481 e. The Hall–Kier alpha value is -1.88. The summed E-state index contributed by atoms with van der Waals surface area (Å²) < 4.78 is 5.78. The number of carboxylic acid groups (broad SMARTS) is 1. The summed E-state index contributed by atoms with van der Waals surface area (Å²) in [6.45, 7) is 0.770. The molecule has 1 aromatic carbocycles. The van der Waals surface area contributed by atoms with E-state index in [1.807, 2.05) is 24.3 Å². The molecule has 116 valence electrons. The molecule has 1 amide bonds. The first-order chi connectivity index (χ1) is 10.6. The van der Waals surface area contributed by atoms with E-state index in [-0.39, 0.29) is 30.6 Å². The number of hydrogen-bond acceptors (Lipinski definition) is 3. The topological polar surface area (TPSA) is 66.8 Å². The predicted octanol–water partition coefficient (Wildman–Crippen LogP) is 1.76. The van der Waals surface area contributed by atoms with Gasteiger partial charge in [-0.25, -0.2) is 0 Å². The second-order valence-electron chi connectivity index (χ2n) is 6.52. The van der Waals surface area contributed by atoms with E-state index in [2.05, 4.69) is 0 Å². The molecule has 0 saturated carbocycles. The summed E-state index contributed by atoms with van der Waals surface area (Å²) in [6.07, 6.45) is 3.06. The molecule has 1 N–H and O–H groups in total. The lowest BCUT2D eigenvalue weighted by Gasteiger charge is -2.35. The van der Waals surface area contributed by atoms with Gasteiger partial charge in [0, 0.05) is 13.1 Å². The lowest BCUT2D eigenvalue weighted by atomic mass is 9.85. The molecule has 0 radical (unpaired) electrons. The number of rotatable bonds is 2. The Bertz CT molecular complexity index is 629. The average Bonchev–Trinajstić information content (AvgIpc) is 3.16. The molecule has 3 aliphatic heterocycles. The van der Waals surface area contributed by atoms with Crippen molar-refractivity contribution in [1.82, 2.24) is 4.90 Å². The monoisotopic (exact) mass is 301 g/mol. The quantitative estimate of drug-likeness (QED) is 0.904. The SMILES string of the molecule is O=C(O)C1CN(C(=O)C2CC3CCC2O3)Cc2ccccc21. The lowest BCUT2D eigenvalue weighted by Crippen LogP contribution is -2.45. The third-order valence-electron chi connectivity index (χ3n) is 5.23. The summed E-state index contributed by atoms with van der Waals surface area (Å²) in [4.78, 5) is 26.1. The maximum atomic E-state index is 12.8. The number of carbonyl (C=O) groups excluding carboxylic acids is 1. The van der Waals surface area contributed by atoms with Crippen LogP contribution in [0.2, 0.25) is 0 Å². The maximum Gasteiger partial charge on any atom is 0.312 e. The summed E-state index contributed by atoms with van der Waals surface area (Å²) in [5.41, 5.74) is 1.78. The smallest absolute Gasteiger partial charge is 0.312 e. The normalized spacial score (nSPS) is 32.8. The maximum absolute atomic E-state index is 12.8. The fourth-order valence-electron chi connectivity index (χ4n) is 4.12. The van der Waals surface area contributed by atoms with Gasteiger partial charge in [-0.1, -0.05) is 24.3 Å². The molecular weight excluding hydrogens is 282 g/mol. The highest BCUT2D eigenvalue weighted by Gasteiger charge is 2.46. The molecule has 4 atom stereocenters. The molecule has 2 saturated heterocycles. The minimum Gasteiger partial charge on any atom is -0.481 e. The van der Waals surface area contributed by atoms with Gasteiger partial charge in [0.15, 0.2) is 0 Å². The average molecular weight is 301 g/mol. The van der Waals surface area contributed by atoms with Crippen LogP contribution in [0, 0.1) is 5.92 Å². The van der Waals surface area contributed by atoms with Gasteiger partial charge in [0.05, 0.1) is 24.0 Å². The van der Waals surface area contributed by atoms with Crippen LogP contribution in [0.5, 0.6) is 0 Å². The summed E-state index contributed by atoms with van der Waals surface area (Å²) in [7, 11) is 0.